The standard InChI is InChI=1S/C8H15BrO3/c9-4-5-11-8-3-1-2-7(6-10)12-8/h7-8,10H,1-6H2. The molecular weight excluding hydrogens is 224 g/mol. The van der Waals surface area contributed by atoms with Crippen molar-refractivity contribution in [2.24, 2.45) is 0 Å². The first-order valence-corrected chi connectivity index (χ1v) is 5.43. The van der Waals surface area contributed by atoms with E-state index in [2.05, 4.69) is 15.9 Å². The highest BCUT2D eigenvalue weighted by atomic mass is 79.9. The van der Waals surface area contributed by atoms with E-state index in [4.69, 9.17) is 14.6 Å². The fraction of sp³-hybridized carbons (Fsp3) is 1.00. The summed E-state index contributed by atoms with van der Waals surface area (Å²) in [6.07, 6.45) is 2.86. The molecule has 0 aromatic rings. The first kappa shape index (κ1) is 10.4. The van der Waals surface area contributed by atoms with Crippen LogP contribution in [0.5, 0.6) is 0 Å². The van der Waals surface area contributed by atoms with Gasteiger partial charge in [0, 0.05) is 5.33 Å². The zero-order valence-corrected chi connectivity index (χ0v) is 8.63. The second kappa shape index (κ2) is 5.91. The van der Waals surface area contributed by atoms with Crippen LogP contribution in [-0.4, -0.2) is 36.0 Å². The van der Waals surface area contributed by atoms with Crippen LogP contribution in [0.3, 0.4) is 0 Å². The molecule has 1 saturated heterocycles. The largest absolute Gasteiger partial charge is 0.394 e. The molecule has 4 heteroatoms. The van der Waals surface area contributed by atoms with Gasteiger partial charge in [0.25, 0.3) is 0 Å². The smallest absolute Gasteiger partial charge is 0.158 e. The number of rotatable bonds is 4. The highest BCUT2D eigenvalue weighted by Crippen LogP contribution is 2.19. The number of hydrogen-bond acceptors (Lipinski definition) is 3. The van der Waals surface area contributed by atoms with Gasteiger partial charge in [-0.05, 0) is 19.3 Å². The molecule has 3 nitrogen and oxygen atoms in total. The molecule has 1 aliphatic rings. The maximum Gasteiger partial charge on any atom is 0.158 e. The summed E-state index contributed by atoms with van der Waals surface area (Å²) in [6, 6.07) is 0. The molecule has 0 aromatic carbocycles. The first-order valence-electron chi connectivity index (χ1n) is 4.30. The van der Waals surface area contributed by atoms with Crippen LogP contribution in [0.25, 0.3) is 0 Å². The second-order valence-corrected chi connectivity index (χ2v) is 3.65. The summed E-state index contributed by atoms with van der Waals surface area (Å²) in [5.74, 6) is 0. The molecule has 2 unspecified atom stereocenters. The Bertz CT molecular complexity index is 121. The van der Waals surface area contributed by atoms with Crippen LogP contribution in [-0.2, 0) is 9.47 Å². The first-order chi connectivity index (χ1) is 5.86. The number of aliphatic hydroxyl groups excluding tert-OH is 1. The number of halogens is 1. The molecule has 1 rings (SSSR count). The van der Waals surface area contributed by atoms with Crippen LogP contribution in [0.4, 0.5) is 0 Å². The van der Waals surface area contributed by atoms with Gasteiger partial charge in [-0.3, -0.25) is 0 Å². The third-order valence-electron chi connectivity index (χ3n) is 1.89. The van der Waals surface area contributed by atoms with Gasteiger partial charge in [0.05, 0.1) is 19.3 Å². The number of aliphatic hydroxyl groups is 1. The van der Waals surface area contributed by atoms with E-state index in [-0.39, 0.29) is 19.0 Å². The van der Waals surface area contributed by atoms with E-state index >= 15 is 0 Å². The fourth-order valence-corrected chi connectivity index (χ4v) is 1.48. The quantitative estimate of drug-likeness (QED) is 0.751. The van der Waals surface area contributed by atoms with E-state index < -0.39 is 0 Å². The molecule has 0 aliphatic carbocycles. The van der Waals surface area contributed by atoms with E-state index in [1.807, 2.05) is 0 Å². The Morgan fingerprint density at radius 2 is 2.33 bits per heavy atom. The molecule has 0 aromatic heterocycles. The van der Waals surface area contributed by atoms with Crippen LogP contribution in [0.15, 0.2) is 0 Å². The van der Waals surface area contributed by atoms with Crippen molar-refractivity contribution in [1.29, 1.82) is 0 Å². The maximum absolute atomic E-state index is 8.84. The molecule has 2 atom stereocenters. The summed E-state index contributed by atoms with van der Waals surface area (Å²) in [4.78, 5) is 0. The molecule has 12 heavy (non-hydrogen) atoms. The molecule has 0 amide bonds. The van der Waals surface area contributed by atoms with Gasteiger partial charge >= 0.3 is 0 Å². The van der Waals surface area contributed by atoms with Crippen molar-refractivity contribution in [3.63, 3.8) is 0 Å². The Morgan fingerprint density at radius 3 is 3.00 bits per heavy atom. The van der Waals surface area contributed by atoms with E-state index in [1.165, 1.54) is 0 Å². The predicted molar refractivity (Wildman–Crippen MR) is 49.3 cm³/mol. The lowest BCUT2D eigenvalue weighted by Crippen LogP contribution is -2.32. The van der Waals surface area contributed by atoms with Crippen LogP contribution in [0.2, 0.25) is 0 Å². The van der Waals surface area contributed by atoms with Gasteiger partial charge in [0.15, 0.2) is 6.29 Å². The molecule has 1 N–H and O–H groups in total. The minimum absolute atomic E-state index is 0.0147. The molecule has 0 bridgehead atoms. The van der Waals surface area contributed by atoms with Gasteiger partial charge in [-0.2, -0.15) is 0 Å². The Kier molecular flexibility index (Phi) is 5.14. The zero-order chi connectivity index (χ0) is 8.81. The van der Waals surface area contributed by atoms with E-state index in [0.29, 0.717) is 6.61 Å². The summed E-state index contributed by atoms with van der Waals surface area (Å²) >= 11 is 3.28. The Morgan fingerprint density at radius 1 is 1.50 bits per heavy atom. The Labute approximate surface area is 81.2 Å². The highest BCUT2D eigenvalue weighted by molar-refractivity contribution is 9.09. The van der Waals surface area contributed by atoms with Gasteiger partial charge in [0.2, 0.25) is 0 Å². The minimum atomic E-state index is -0.103. The third-order valence-corrected chi connectivity index (χ3v) is 2.22. The van der Waals surface area contributed by atoms with E-state index in [0.717, 1.165) is 24.6 Å². The minimum Gasteiger partial charge on any atom is -0.394 e. The lowest BCUT2D eigenvalue weighted by atomic mass is 10.1. The van der Waals surface area contributed by atoms with Crippen molar-refractivity contribution >= 4 is 15.9 Å². The summed E-state index contributed by atoms with van der Waals surface area (Å²) in [7, 11) is 0. The molecule has 1 heterocycles. The van der Waals surface area contributed by atoms with Gasteiger partial charge in [0.1, 0.15) is 0 Å². The van der Waals surface area contributed by atoms with Crippen molar-refractivity contribution in [1.82, 2.24) is 0 Å². The molecular formula is C8H15BrO3. The number of alkyl halides is 1. The average Bonchev–Trinajstić information content (AvgIpc) is 2.15. The zero-order valence-electron chi connectivity index (χ0n) is 7.04. The summed E-state index contributed by atoms with van der Waals surface area (Å²) < 4.78 is 10.8. The van der Waals surface area contributed by atoms with E-state index in [1.54, 1.807) is 0 Å². The maximum atomic E-state index is 8.84. The van der Waals surface area contributed by atoms with Crippen molar-refractivity contribution in [3.8, 4) is 0 Å². The van der Waals surface area contributed by atoms with Crippen LogP contribution >= 0.6 is 15.9 Å². The summed E-state index contributed by atoms with van der Waals surface area (Å²) in [5, 5.41) is 9.67. The lowest BCUT2D eigenvalue weighted by Gasteiger charge is -2.28. The van der Waals surface area contributed by atoms with Crippen molar-refractivity contribution < 1.29 is 14.6 Å². The third kappa shape index (κ3) is 3.39. The predicted octanol–water partition coefficient (Wildman–Crippen LogP) is 1.29. The fourth-order valence-electron chi connectivity index (χ4n) is 1.30. The summed E-state index contributed by atoms with van der Waals surface area (Å²) in [5.41, 5.74) is 0. The Balaban J connectivity index is 2.16. The monoisotopic (exact) mass is 238 g/mol. The lowest BCUT2D eigenvalue weighted by molar-refractivity contribution is -0.198. The van der Waals surface area contributed by atoms with Gasteiger partial charge < -0.3 is 14.6 Å². The molecule has 1 aliphatic heterocycles. The molecule has 72 valence electrons. The van der Waals surface area contributed by atoms with Crippen LogP contribution in [0.1, 0.15) is 19.3 Å². The van der Waals surface area contributed by atoms with Crippen molar-refractivity contribution in [2.45, 2.75) is 31.7 Å². The molecule has 1 fully saturated rings. The van der Waals surface area contributed by atoms with Crippen LogP contribution < -0.4 is 0 Å². The van der Waals surface area contributed by atoms with Gasteiger partial charge in [-0.1, -0.05) is 15.9 Å². The average molecular weight is 239 g/mol. The van der Waals surface area contributed by atoms with Gasteiger partial charge in [-0.15, -0.1) is 0 Å². The Hall–Kier alpha value is 0.360. The molecule has 0 saturated carbocycles. The van der Waals surface area contributed by atoms with Crippen LogP contribution in [0, 0.1) is 0 Å². The topological polar surface area (TPSA) is 38.7 Å². The number of hydrogen-bond donors (Lipinski definition) is 1. The van der Waals surface area contributed by atoms with Gasteiger partial charge in [-0.25, -0.2) is 0 Å². The normalized spacial score (nSPS) is 30.5. The SMILES string of the molecule is OCC1CCCC(OCCBr)O1. The summed E-state index contributed by atoms with van der Waals surface area (Å²) in [6.45, 7) is 0.775. The van der Waals surface area contributed by atoms with Crippen molar-refractivity contribution in [2.75, 3.05) is 18.5 Å². The molecule has 0 radical (unpaired) electrons. The van der Waals surface area contributed by atoms with E-state index in [9.17, 15) is 0 Å². The highest BCUT2D eigenvalue weighted by Gasteiger charge is 2.21. The number of ether oxygens (including phenoxy) is 2. The second-order valence-electron chi connectivity index (χ2n) is 2.86. The van der Waals surface area contributed by atoms with Crippen molar-refractivity contribution in [3.05, 3.63) is 0 Å². The molecule has 0 spiro atoms.